The van der Waals surface area contributed by atoms with Crippen molar-refractivity contribution in [2.75, 3.05) is 10.6 Å². The predicted octanol–water partition coefficient (Wildman–Crippen LogP) is 3.09. The summed E-state index contributed by atoms with van der Waals surface area (Å²) >= 11 is 0. The number of halogens is 2. The number of fused-ring (bicyclic) bond motifs is 1. The molecule has 0 fully saturated rings. The maximum Gasteiger partial charge on any atom is 0.314 e. The van der Waals surface area contributed by atoms with E-state index in [2.05, 4.69) is 15.6 Å². The van der Waals surface area contributed by atoms with Gasteiger partial charge in [-0.05, 0) is 24.3 Å². The SMILES string of the molecule is O=C(Nc1ccc(F)c(F)c1)C(=O)Nc1cccc2cccnc12. The van der Waals surface area contributed by atoms with Crippen molar-refractivity contribution in [3.8, 4) is 0 Å². The molecule has 0 aliphatic heterocycles. The minimum absolute atomic E-state index is 0.0231. The Morgan fingerprint density at radius 3 is 2.42 bits per heavy atom. The number of benzene rings is 2. The van der Waals surface area contributed by atoms with Gasteiger partial charge < -0.3 is 10.6 Å². The molecule has 24 heavy (non-hydrogen) atoms. The zero-order valence-corrected chi connectivity index (χ0v) is 12.2. The first kappa shape index (κ1) is 15.5. The first-order valence-corrected chi connectivity index (χ1v) is 6.96. The first-order chi connectivity index (χ1) is 11.5. The second kappa shape index (κ2) is 6.41. The predicted molar refractivity (Wildman–Crippen MR) is 85.4 cm³/mol. The summed E-state index contributed by atoms with van der Waals surface area (Å²) in [6, 6.07) is 11.5. The summed E-state index contributed by atoms with van der Waals surface area (Å²) in [6.07, 6.45) is 1.57. The molecule has 0 aliphatic rings. The van der Waals surface area contributed by atoms with E-state index in [1.165, 1.54) is 0 Å². The van der Waals surface area contributed by atoms with Crippen molar-refractivity contribution >= 4 is 34.1 Å². The monoisotopic (exact) mass is 327 g/mol. The molecule has 0 atom stereocenters. The van der Waals surface area contributed by atoms with Gasteiger partial charge in [0.05, 0.1) is 11.2 Å². The van der Waals surface area contributed by atoms with Crippen LogP contribution in [0.15, 0.2) is 54.7 Å². The Kier molecular flexibility index (Phi) is 4.15. The summed E-state index contributed by atoms with van der Waals surface area (Å²) < 4.78 is 26.0. The molecule has 7 heteroatoms. The van der Waals surface area contributed by atoms with E-state index in [0.29, 0.717) is 11.2 Å². The molecule has 1 aromatic heterocycles. The Labute approximate surface area is 135 Å². The zero-order valence-electron chi connectivity index (χ0n) is 12.2. The second-order valence-electron chi connectivity index (χ2n) is 4.92. The summed E-state index contributed by atoms with van der Waals surface area (Å²) in [5.41, 5.74) is 0.887. The van der Waals surface area contributed by atoms with Crippen molar-refractivity contribution < 1.29 is 18.4 Å². The molecule has 0 spiro atoms. The number of amides is 2. The number of pyridine rings is 1. The highest BCUT2D eigenvalue weighted by Crippen LogP contribution is 2.20. The lowest BCUT2D eigenvalue weighted by atomic mass is 10.2. The Balaban J connectivity index is 1.76. The van der Waals surface area contributed by atoms with Crippen LogP contribution in [0.2, 0.25) is 0 Å². The molecule has 3 aromatic rings. The van der Waals surface area contributed by atoms with Crippen LogP contribution in [-0.2, 0) is 9.59 Å². The molecule has 0 saturated carbocycles. The Hall–Kier alpha value is -3.35. The van der Waals surface area contributed by atoms with E-state index in [-0.39, 0.29) is 5.69 Å². The van der Waals surface area contributed by atoms with Crippen LogP contribution in [0.1, 0.15) is 0 Å². The number of nitrogens with zero attached hydrogens (tertiary/aromatic N) is 1. The van der Waals surface area contributed by atoms with Gasteiger partial charge in [0.15, 0.2) is 11.6 Å². The van der Waals surface area contributed by atoms with Gasteiger partial charge in [0.1, 0.15) is 0 Å². The standard InChI is InChI=1S/C17H11F2N3O2/c18-12-7-6-11(9-13(12)19)21-16(23)17(24)22-14-5-1-3-10-4-2-8-20-15(10)14/h1-9H,(H,21,23)(H,22,24). The first-order valence-electron chi connectivity index (χ1n) is 6.96. The van der Waals surface area contributed by atoms with Crippen molar-refractivity contribution in [1.29, 1.82) is 0 Å². The summed E-state index contributed by atoms with van der Waals surface area (Å²) in [6.45, 7) is 0. The van der Waals surface area contributed by atoms with E-state index in [0.717, 1.165) is 23.6 Å². The van der Waals surface area contributed by atoms with Crippen LogP contribution in [-0.4, -0.2) is 16.8 Å². The third-order valence-corrected chi connectivity index (χ3v) is 3.26. The van der Waals surface area contributed by atoms with Gasteiger partial charge in [0.2, 0.25) is 0 Å². The summed E-state index contributed by atoms with van der Waals surface area (Å²) in [7, 11) is 0. The molecule has 5 nitrogen and oxygen atoms in total. The fourth-order valence-electron chi connectivity index (χ4n) is 2.15. The molecule has 2 N–H and O–H groups in total. The molecule has 2 amide bonds. The van der Waals surface area contributed by atoms with Gasteiger partial charge in [-0.3, -0.25) is 14.6 Å². The topological polar surface area (TPSA) is 71.1 Å². The van der Waals surface area contributed by atoms with E-state index in [1.807, 2.05) is 12.1 Å². The molecule has 0 radical (unpaired) electrons. The third-order valence-electron chi connectivity index (χ3n) is 3.26. The van der Waals surface area contributed by atoms with Crippen LogP contribution >= 0.6 is 0 Å². The molecular formula is C17H11F2N3O2. The quantitative estimate of drug-likeness (QED) is 0.711. The van der Waals surface area contributed by atoms with Gasteiger partial charge in [-0.2, -0.15) is 0 Å². The van der Waals surface area contributed by atoms with Gasteiger partial charge in [0, 0.05) is 23.3 Å². The largest absolute Gasteiger partial charge is 0.318 e. The number of hydrogen-bond donors (Lipinski definition) is 2. The number of carbonyl (C=O) groups is 2. The highest BCUT2D eigenvalue weighted by molar-refractivity contribution is 6.44. The molecule has 0 saturated heterocycles. The molecule has 0 bridgehead atoms. The van der Waals surface area contributed by atoms with Crippen LogP contribution in [0.4, 0.5) is 20.2 Å². The summed E-state index contributed by atoms with van der Waals surface area (Å²) in [5, 5.41) is 5.45. The fourth-order valence-corrected chi connectivity index (χ4v) is 2.15. The number of nitrogens with one attached hydrogen (secondary N) is 2. The highest BCUT2D eigenvalue weighted by Gasteiger charge is 2.16. The van der Waals surface area contributed by atoms with E-state index in [9.17, 15) is 18.4 Å². The minimum atomic E-state index is -1.12. The number of para-hydroxylation sites is 1. The van der Waals surface area contributed by atoms with Crippen molar-refractivity contribution in [3.63, 3.8) is 0 Å². The molecule has 0 aliphatic carbocycles. The Morgan fingerprint density at radius 1 is 0.875 bits per heavy atom. The average Bonchev–Trinajstić information content (AvgIpc) is 2.58. The van der Waals surface area contributed by atoms with E-state index >= 15 is 0 Å². The minimum Gasteiger partial charge on any atom is -0.318 e. The van der Waals surface area contributed by atoms with Crippen molar-refractivity contribution in [1.82, 2.24) is 4.98 Å². The Morgan fingerprint density at radius 2 is 1.62 bits per heavy atom. The summed E-state index contributed by atoms with van der Waals surface area (Å²) in [4.78, 5) is 28.0. The van der Waals surface area contributed by atoms with E-state index in [4.69, 9.17) is 0 Å². The van der Waals surface area contributed by atoms with Crippen LogP contribution in [0.5, 0.6) is 0 Å². The number of anilines is 2. The van der Waals surface area contributed by atoms with E-state index < -0.39 is 23.4 Å². The van der Waals surface area contributed by atoms with Crippen LogP contribution < -0.4 is 10.6 Å². The van der Waals surface area contributed by atoms with Crippen LogP contribution in [0, 0.1) is 11.6 Å². The Bertz CT molecular complexity index is 939. The summed E-state index contributed by atoms with van der Waals surface area (Å²) in [5.74, 6) is -4.11. The van der Waals surface area contributed by atoms with Crippen LogP contribution in [0.3, 0.4) is 0 Å². The van der Waals surface area contributed by atoms with Gasteiger partial charge >= 0.3 is 11.8 Å². The maximum absolute atomic E-state index is 13.1. The number of aromatic nitrogens is 1. The number of rotatable bonds is 2. The van der Waals surface area contributed by atoms with E-state index in [1.54, 1.807) is 24.4 Å². The smallest absolute Gasteiger partial charge is 0.314 e. The number of hydrogen-bond acceptors (Lipinski definition) is 3. The molecule has 1 heterocycles. The number of carbonyl (C=O) groups excluding carboxylic acids is 2. The lowest BCUT2D eigenvalue weighted by Gasteiger charge is -2.08. The normalized spacial score (nSPS) is 10.4. The fraction of sp³-hybridized carbons (Fsp3) is 0. The van der Waals surface area contributed by atoms with Gasteiger partial charge in [-0.25, -0.2) is 8.78 Å². The maximum atomic E-state index is 13.1. The van der Waals surface area contributed by atoms with Gasteiger partial charge in [-0.15, -0.1) is 0 Å². The van der Waals surface area contributed by atoms with Gasteiger partial charge in [0.25, 0.3) is 0 Å². The third kappa shape index (κ3) is 3.19. The average molecular weight is 327 g/mol. The zero-order chi connectivity index (χ0) is 17.1. The lowest BCUT2D eigenvalue weighted by molar-refractivity contribution is -0.132. The molecule has 120 valence electrons. The van der Waals surface area contributed by atoms with Crippen LogP contribution in [0.25, 0.3) is 10.9 Å². The van der Waals surface area contributed by atoms with Gasteiger partial charge in [-0.1, -0.05) is 18.2 Å². The molecule has 2 aromatic carbocycles. The second-order valence-corrected chi connectivity index (χ2v) is 4.92. The van der Waals surface area contributed by atoms with Crippen molar-refractivity contribution in [3.05, 3.63) is 66.4 Å². The van der Waals surface area contributed by atoms with Crippen molar-refractivity contribution in [2.24, 2.45) is 0 Å². The molecule has 0 unspecified atom stereocenters. The highest BCUT2D eigenvalue weighted by atomic mass is 19.2. The van der Waals surface area contributed by atoms with Crippen molar-refractivity contribution in [2.45, 2.75) is 0 Å². The molecule has 3 rings (SSSR count). The lowest BCUT2D eigenvalue weighted by Crippen LogP contribution is -2.29. The molecular weight excluding hydrogens is 316 g/mol.